The van der Waals surface area contributed by atoms with Crippen molar-refractivity contribution in [3.63, 3.8) is 0 Å². The lowest BCUT2D eigenvalue weighted by Crippen LogP contribution is -2.31. The average molecular weight is 436 g/mol. The van der Waals surface area contributed by atoms with E-state index in [2.05, 4.69) is 20.8 Å². The number of carbonyl (C=O) groups is 1. The van der Waals surface area contributed by atoms with Gasteiger partial charge in [-0.05, 0) is 46.8 Å². The number of halogens is 1. The molecular weight excluding hydrogens is 418 g/mol. The van der Waals surface area contributed by atoms with E-state index < -0.39 is 0 Å². The van der Waals surface area contributed by atoms with E-state index in [0.29, 0.717) is 22.4 Å². The summed E-state index contributed by atoms with van der Waals surface area (Å²) in [4.78, 5) is 13.0. The summed E-state index contributed by atoms with van der Waals surface area (Å²) in [6.07, 6.45) is 3.11. The molecule has 8 nitrogen and oxygen atoms in total. The van der Waals surface area contributed by atoms with Crippen LogP contribution in [0.25, 0.3) is 23.2 Å². The molecule has 0 saturated heterocycles. The minimum atomic E-state index is -0.374. The topological polar surface area (TPSA) is 95.1 Å². The Morgan fingerprint density at radius 3 is 2.65 bits per heavy atom. The van der Waals surface area contributed by atoms with Crippen molar-refractivity contribution in [1.82, 2.24) is 25.5 Å². The van der Waals surface area contributed by atoms with Crippen LogP contribution in [0.3, 0.4) is 0 Å². The Balaban J connectivity index is 1.51. The highest BCUT2D eigenvalue weighted by Crippen LogP contribution is 2.20. The Labute approximate surface area is 183 Å². The molecule has 0 bridgehead atoms. The van der Waals surface area contributed by atoms with Crippen molar-refractivity contribution in [3.05, 3.63) is 83.8 Å². The minimum Gasteiger partial charge on any atom is -0.492 e. The summed E-state index contributed by atoms with van der Waals surface area (Å²) in [5.41, 5.74) is 0.988. The zero-order chi connectivity index (χ0) is 21.5. The predicted octanol–water partition coefficient (Wildman–Crippen LogP) is 3.78. The molecule has 1 N–H and O–H groups in total. The fourth-order valence-corrected chi connectivity index (χ4v) is 2.93. The second-order valence-electron chi connectivity index (χ2n) is 6.38. The number of tetrazole rings is 1. The molecule has 4 aromatic rings. The normalized spacial score (nSPS) is 11.3. The Morgan fingerprint density at radius 2 is 1.90 bits per heavy atom. The van der Waals surface area contributed by atoms with Gasteiger partial charge in [0.15, 0.2) is 5.82 Å². The third-order valence-corrected chi connectivity index (χ3v) is 4.51. The quantitative estimate of drug-likeness (QED) is 0.334. The minimum absolute atomic E-state index is 0.213. The molecule has 0 unspecified atom stereocenters. The van der Waals surface area contributed by atoms with Gasteiger partial charge in [0, 0.05) is 16.7 Å². The first-order valence-electron chi connectivity index (χ1n) is 9.46. The van der Waals surface area contributed by atoms with E-state index in [-0.39, 0.29) is 24.8 Å². The van der Waals surface area contributed by atoms with E-state index in [1.165, 1.54) is 10.9 Å². The molecule has 2 aromatic heterocycles. The number of furan rings is 1. The Morgan fingerprint density at radius 1 is 1.10 bits per heavy atom. The standard InChI is InChI=1S/C22H18ClN5O3/c23-17-8-10-18(11-9-17)31-14-12-24-22(29)20(15-19-7-4-13-30-19)28-21(25-26-27-28)16-5-2-1-3-6-16/h1-11,13,15H,12,14H2,(H,24,29)/b20-15-. The largest absolute Gasteiger partial charge is 0.492 e. The van der Waals surface area contributed by atoms with Gasteiger partial charge in [0.25, 0.3) is 5.91 Å². The van der Waals surface area contributed by atoms with Crippen LogP contribution in [0.4, 0.5) is 0 Å². The van der Waals surface area contributed by atoms with Crippen molar-refractivity contribution in [1.29, 1.82) is 0 Å². The lowest BCUT2D eigenvalue weighted by molar-refractivity contribution is -0.116. The monoisotopic (exact) mass is 435 g/mol. The highest BCUT2D eigenvalue weighted by molar-refractivity contribution is 6.30. The zero-order valence-corrected chi connectivity index (χ0v) is 17.1. The molecule has 2 aromatic carbocycles. The van der Waals surface area contributed by atoms with Crippen LogP contribution in [-0.2, 0) is 4.79 Å². The van der Waals surface area contributed by atoms with Crippen LogP contribution in [0, 0.1) is 0 Å². The highest BCUT2D eigenvalue weighted by Gasteiger charge is 2.19. The first-order chi connectivity index (χ1) is 15.2. The van der Waals surface area contributed by atoms with Gasteiger partial charge in [-0.3, -0.25) is 4.79 Å². The van der Waals surface area contributed by atoms with Crippen LogP contribution in [0.15, 0.2) is 77.4 Å². The number of carbonyl (C=O) groups excluding carboxylic acids is 1. The van der Waals surface area contributed by atoms with Crippen molar-refractivity contribution < 1.29 is 13.9 Å². The molecule has 0 aliphatic heterocycles. The number of hydrogen-bond donors (Lipinski definition) is 1. The number of benzene rings is 2. The molecule has 1 amide bonds. The van der Waals surface area contributed by atoms with Gasteiger partial charge in [-0.25, -0.2) is 0 Å². The number of aromatic nitrogens is 4. The average Bonchev–Trinajstić information content (AvgIpc) is 3.49. The van der Waals surface area contributed by atoms with Crippen LogP contribution in [-0.4, -0.2) is 39.3 Å². The van der Waals surface area contributed by atoms with Crippen molar-refractivity contribution in [3.8, 4) is 17.1 Å². The maximum absolute atomic E-state index is 13.0. The number of nitrogens with zero attached hydrogens (tertiary/aromatic N) is 4. The molecule has 156 valence electrons. The van der Waals surface area contributed by atoms with Crippen molar-refractivity contribution in [2.75, 3.05) is 13.2 Å². The van der Waals surface area contributed by atoms with E-state index in [4.69, 9.17) is 20.8 Å². The van der Waals surface area contributed by atoms with Crippen LogP contribution < -0.4 is 10.1 Å². The van der Waals surface area contributed by atoms with Crippen LogP contribution >= 0.6 is 11.6 Å². The summed E-state index contributed by atoms with van der Waals surface area (Å²) in [5.74, 6) is 1.22. The highest BCUT2D eigenvalue weighted by atomic mass is 35.5. The van der Waals surface area contributed by atoms with Crippen LogP contribution in [0.5, 0.6) is 5.75 Å². The summed E-state index contributed by atoms with van der Waals surface area (Å²) in [6.45, 7) is 0.558. The van der Waals surface area contributed by atoms with Crippen LogP contribution in [0.2, 0.25) is 5.02 Å². The SMILES string of the molecule is O=C(NCCOc1ccc(Cl)cc1)/C(=C/c1ccco1)n1nnnc1-c1ccccc1. The molecule has 9 heteroatoms. The Bertz CT molecular complexity index is 1160. The molecule has 0 radical (unpaired) electrons. The number of amides is 1. The summed E-state index contributed by atoms with van der Waals surface area (Å²) in [7, 11) is 0. The van der Waals surface area contributed by atoms with Gasteiger partial charge in [0.2, 0.25) is 0 Å². The third-order valence-electron chi connectivity index (χ3n) is 4.25. The number of rotatable bonds is 8. The molecule has 0 aliphatic carbocycles. The molecule has 4 rings (SSSR count). The molecule has 2 heterocycles. The molecule has 0 aliphatic rings. The fourth-order valence-electron chi connectivity index (χ4n) is 2.80. The summed E-state index contributed by atoms with van der Waals surface area (Å²) >= 11 is 5.87. The predicted molar refractivity (Wildman–Crippen MR) is 116 cm³/mol. The van der Waals surface area contributed by atoms with Gasteiger partial charge < -0.3 is 14.5 Å². The number of nitrogens with one attached hydrogen (secondary N) is 1. The van der Waals surface area contributed by atoms with E-state index in [9.17, 15) is 4.79 Å². The van der Waals surface area contributed by atoms with Gasteiger partial charge in [-0.2, -0.15) is 4.68 Å². The molecule has 0 atom stereocenters. The van der Waals surface area contributed by atoms with E-state index >= 15 is 0 Å². The number of hydrogen-bond acceptors (Lipinski definition) is 6. The van der Waals surface area contributed by atoms with Crippen molar-refractivity contribution >= 4 is 29.3 Å². The maximum atomic E-state index is 13.0. The molecule has 0 fully saturated rings. The second kappa shape index (κ2) is 9.73. The van der Waals surface area contributed by atoms with E-state index in [1.807, 2.05) is 30.3 Å². The van der Waals surface area contributed by atoms with Crippen molar-refractivity contribution in [2.24, 2.45) is 0 Å². The molecular formula is C22H18ClN5O3. The van der Waals surface area contributed by atoms with Gasteiger partial charge in [0.05, 0.1) is 12.8 Å². The Kier molecular flexibility index (Phi) is 6.39. The first kappa shape index (κ1) is 20.4. The van der Waals surface area contributed by atoms with E-state index in [1.54, 1.807) is 42.5 Å². The van der Waals surface area contributed by atoms with Gasteiger partial charge in [-0.1, -0.05) is 41.9 Å². The first-order valence-corrected chi connectivity index (χ1v) is 9.84. The maximum Gasteiger partial charge on any atom is 0.270 e. The summed E-state index contributed by atoms with van der Waals surface area (Å²) in [6, 6.07) is 19.9. The smallest absolute Gasteiger partial charge is 0.270 e. The molecule has 31 heavy (non-hydrogen) atoms. The zero-order valence-electron chi connectivity index (χ0n) is 16.3. The van der Waals surface area contributed by atoms with Crippen LogP contribution in [0.1, 0.15) is 5.76 Å². The van der Waals surface area contributed by atoms with Gasteiger partial charge in [-0.15, -0.1) is 5.10 Å². The summed E-state index contributed by atoms with van der Waals surface area (Å²) < 4.78 is 12.4. The lowest BCUT2D eigenvalue weighted by Gasteiger charge is -2.11. The van der Waals surface area contributed by atoms with Crippen molar-refractivity contribution in [2.45, 2.75) is 0 Å². The second-order valence-corrected chi connectivity index (χ2v) is 6.82. The molecule has 0 saturated carbocycles. The number of ether oxygens (including phenoxy) is 1. The van der Waals surface area contributed by atoms with Gasteiger partial charge >= 0.3 is 0 Å². The third kappa shape index (κ3) is 5.18. The lowest BCUT2D eigenvalue weighted by atomic mass is 10.2. The van der Waals surface area contributed by atoms with Gasteiger partial charge in [0.1, 0.15) is 23.8 Å². The Hall–Kier alpha value is -3.91. The fraction of sp³-hybridized carbons (Fsp3) is 0.0909. The van der Waals surface area contributed by atoms with E-state index in [0.717, 1.165) is 5.56 Å². The summed E-state index contributed by atoms with van der Waals surface area (Å²) in [5, 5.41) is 15.3. The molecule has 0 spiro atoms.